The van der Waals surface area contributed by atoms with Gasteiger partial charge in [-0.2, -0.15) is 4.98 Å². The molecule has 0 N–H and O–H groups in total. The van der Waals surface area contributed by atoms with Crippen molar-refractivity contribution in [1.82, 2.24) is 19.9 Å². The lowest BCUT2D eigenvalue weighted by Crippen LogP contribution is -2.46. The maximum absolute atomic E-state index is 11.8. The fourth-order valence-corrected chi connectivity index (χ4v) is 2.73. The van der Waals surface area contributed by atoms with Gasteiger partial charge in [-0.25, -0.2) is 0 Å². The molecule has 112 valence electrons. The lowest BCUT2D eigenvalue weighted by atomic mass is 9.96. The molecule has 6 heteroatoms. The molecule has 1 unspecified atom stereocenters. The molecule has 0 aromatic carbocycles. The average molecular weight is 280 g/mol. The molecule has 0 bridgehead atoms. The van der Waals surface area contributed by atoms with Gasteiger partial charge in [0.25, 0.3) is 0 Å². The van der Waals surface area contributed by atoms with Crippen LogP contribution < -0.4 is 0 Å². The second kappa shape index (κ2) is 6.35. The fourth-order valence-electron chi connectivity index (χ4n) is 2.73. The molecule has 6 nitrogen and oxygen atoms in total. The highest BCUT2D eigenvalue weighted by molar-refractivity contribution is 5.77. The zero-order valence-electron chi connectivity index (χ0n) is 12.8. The number of amides is 1. The monoisotopic (exact) mass is 280 g/mol. The summed E-state index contributed by atoms with van der Waals surface area (Å²) in [6.07, 6.45) is 1.63. The van der Waals surface area contributed by atoms with Crippen LogP contribution in [0, 0.1) is 12.8 Å². The van der Waals surface area contributed by atoms with E-state index in [4.69, 9.17) is 4.52 Å². The predicted octanol–water partition coefficient (Wildman–Crippen LogP) is 1.46. The third-order valence-corrected chi connectivity index (χ3v) is 3.71. The Morgan fingerprint density at radius 1 is 1.50 bits per heavy atom. The molecule has 0 saturated carbocycles. The summed E-state index contributed by atoms with van der Waals surface area (Å²) in [7, 11) is 2.05. The van der Waals surface area contributed by atoms with Gasteiger partial charge < -0.3 is 9.42 Å². The largest absolute Gasteiger partial charge is 0.340 e. The number of carbonyl (C=O) groups excluding carboxylic acids is 1. The first-order valence-electron chi connectivity index (χ1n) is 7.23. The maximum atomic E-state index is 11.8. The zero-order chi connectivity index (χ0) is 14.7. The first-order valence-corrected chi connectivity index (χ1v) is 7.23. The van der Waals surface area contributed by atoms with E-state index in [9.17, 15) is 4.79 Å². The van der Waals surface area contributed by atoms with E-state index < -0.39 is 0 Å². The van der Waals surface area contributed by atoms with Crippen LogP contribution in [0.1, 0.15) is 38.4 Å². The molecule has 0 aliphatic carbocycles. The van der Waals surface area contributed by atoms with Gasteiger partial charge in [0.15, 0.2) is 5.82 Å². The van der Waals surface area contributed by atoms with Crippen molar-refractivity contribution in [3.8, 4) is 0 Å². The smallest absolute Gasteiger partial charge is 0.240 e. The molecule has 2 heterocycles. The third-order valence-electron chi connectivity index (χ3n) is 3.71. The minimum atomic E-state index is 0.284. The topological polar surface area (TPSA) is 62.5 Å². The number of piperidine rings is 1. The Balaban J connectivity index is 1.85. The van der Waals surface area contributed by atoms with E-state index in [1.54, 1.807) is 0 Å². The minimum Gasteiger partial charge on any atom is -0.340 e. The van der Waals surface area contributed by atoms with E-state index in [-0.39, 0.29) is 11.9 Å². The zero-order valence-corrected chi connectivity index (χ0v) is 12.8. The van der Waals surface area contributed by atoms with Gasteiger partial charge in [0.1, 0.15) is 0 Å². The van der Waals surface area contributed by atoms with Crippen LogP contribution in [0.25, 0.3) is 0 Å². The van der Waals surface area contributed by atoms with Gasteiger partial charge in [-0.15, -0.1) is 0 Å². The molecule has 20 heavy (non-hydrogen) atoms. The van der Waals surface area contributed by atoms with Gasteiger partial charge >= 0.3 is 0 Å². The fraction of sp³-hybridized carbons (Fsp3) is 0.786. The van der Waals surface area contributed by atoms with Crippen LogP contribution in [0.2, 0.25) is 0 Å². The number of hydrogen-bond donors (Lipinski definition) is 0. The van der Waals surface area contributed by atoms with Crippen molar-refractivity contribution < 1.29 is 9.32 Å². The highest BCUT2D eigenvalue weighted by Gasteiger charge is 2.28. The molecule has 1 aromatic rings. The molecule has 1 atom stereocenters. The Hall–Kier alpha value is -1.43. The molecule has 1 aliphatic rings. The summed E-state index contributed by atoms with van der Waals surface area (Å²) in [6, 6.07) is 0.286. The van der Waals surface area contributed by atoms with Crippen LogP contribution in [0.5, 0.6) is 0 Å². The number of rotatable bonds is 5. The molecule has 1 fully saturated rings. The van der Waals surface area contributed by atoms with Crippen molar-refractivity contribution in [3.63, 3.8) is 0 Å². The number of aryl methyl sites for hydroxylation is 1. The molecule has 1 aromatic heterocycles. The summed E-state index contributed by atoms with van der Waals surface area (Å²) in [4.78, 5) is 20.2. The standard InChI is InChI=1S/C14H24N4O2/c1-10(2)18-8-12(5-6-14(18)19)7-17(4)9-13-15-11(3)16-20-13/h10,12H,5-9H2,1-4H3. The molecule has 1 amide bonds. The third kappa shape index (κ3) is 3.79. The van der Waals surface area contributed by atoms with Crippen LogP contribution >= 0.6 is 0 Å². The van der Waals surface area contributed by atoms with Crippen LogP contribution in [0.3, 0.4) is 0 Å². The van der Waals surface area contributed by atoms with E-state index in [0.29, 0.717) is 30.6 Å². The van der Waals surface area contributed by atoms with E-state index in [2.05, 4.69) is 35.9 Å². The number of aromatic nitrogens is 2. The number of carbonyl (C=O) groups is 1. The maximum Gasteiger partial charge on any atom is 0.240 e. The molecule has 2 rings (SSSR count). The number of nitrogens with zero attached hydrogens (tertiary/aromatic N) is 4. The van der Waals surface area contributed by atoms with Crippen LogP contribution in [0.15, 0.2) is 4.52 Å². The lowest BCUT2D eigenvalue weighted by molar-refractivity contribution is -0.136. The predicted molar refractivity (Wildman–Crippen MR) is 74.9 cm³/mol. The summed E-state index contributed by atoms with van der Waals surface area (Å²) in [5.41, 5.74) is 0. The molecule has 0 radical (unpaired) electrons. The van der Waals surface area contributed by atoms with Crippen LogP contribution in [0.4, 0.5) is 0 Å². The van der Waals surface area contributed by atoms with Crippen molar-refractivity contribution in [2.75, 3.05) is 20.1 Å². The molecular weight excluding hydrogens is 256 g/mol. The van der Waals surface area contributed by atoms with Gasteiger partial charge in [0.05, 0.1) is 6.54 Å². The average Bonchev–Trinajstić information content (AvgIpc) is 2.76. The first kappa shape index (κ1) is 15.0. The summed E-state index contributed by atoms with van der Waals surface area (Å²) in [5, 5.41) is 3.80. The van der Waals surface area contributed by atoms with Gasteiger partial charge in [-0.3, -0.25) is 9.69 Å². The minimum absolute atomic E-state index is 0.284. The van der Waals surface area contributed by atoms with E-state index in [1.807, 2.05) is 11.8 Å². The Kier molecular flexibility index (Phi) is 4.75. The van der Waals surface area contributed by atoms with Gasteiger partial charge in [0.2, 0.25) is 11.8 Å². The number of hydrogen-bond acceptors (Lipinski definition) is 5. The normalized spacial score (nSPS) is 20.2. The van der Waals surface area contributed by atoms with Crippen molar-refractivity contribution in [3.05, 3.63) is 11.7 Å². The Morgan fingerprint density at radius 3 is 2.85 bits per heavy atom. The van der Waals surface area contributed by atoms with Crippen molar-refractivity contribution in [2.45, 2.75) is 46.2 Å². The second-order valence-corrected chi connectivity index (χ2v) is 5.98. The molecule has 0 spiro atoms. The quantitative estimate of drug-likeness (QED) is 0.817. The van der Waals surface area contributed by atoms with Gasteiger partial charge in [-0.05, 0) is 40.2 Å². The van der Waals surface area contributed by atoms with E-state index >= 15 is 0 Å². The van der Waals surface area contributed by atoms with Crippen molar-refractivity contribution in [1.29, 1.82) is 0 Å². The first-order chi connectivity index (χ1) is 9.45. The van der Waals surface area contributed by atoms with E-state index in [0.717, 1.165) is 19.5 Å². The van der Waals surface area contributed by atoms with E-state index in [1.165, 1.54) is 0 Å². The highest BCUT2D eigenvalue weighted by atomic mass is 16.5. The molecular formula is C14H24N4O2. The SMILES string of the molecule is Cc1noc(CN(C)CC2CCC(=O)N(C(C)C)C2)n1. The highest BCUT2D eigenvalue weighted by Crippen LogP contribution is 2.20. The molecule has 1 aliphatic heterocycles. The van der Waals surface area contributed by atoms with Crippen LogP contribution in [-0.2, 0) is 11.3 Å². The van der Waals surface area contributed by atoms with Gasteiger partial charge in [0, 0.05) is 25.6 Å². The Morgan fingerprint density at radius 2 is 2.25 bits per heavy atom. The molecule has 1 saturated heterocycles. The van der Waals surface area contributed by atoms with Crippen molar-refractivity contribution in [2.24, 2.45) is 5.92 Å². The van der Waals surface area contributed by atoms with Crippen LogP contribution in [-0.4, -0.2) is 52.0 Å². The Labute approximate surface area is 120 Å². The Bertz CT molecular complexity index is 458. The summed E-state index contributed by atoms with van der Waals surface area (Å²) < 4.78 is 5.13. The summed E-state index contributed by atoms with van der Waals surface area (Å²) in [5.74, 6) is 2.12. The second-order valence-electron chi connectivity index (χ2n) is 5.98. The van der Waals surface area contributed by atoms with Gasteiger partial charge in [-0.1, -0.05) is 5.16 Å². The van der Waals surface area contributed by atoms with Crippen molar-refractivity contribution >= 4 is 5.91 Å². The summed E-state index contributed by atoms with van der Waals surface area (Å²) in [6.45, 7) is 8.42. The number of likely N-dealkylation sites (tertiary alicyclic amines) is 1. The lowest BCUT2D eigenvalue weighted by Gasteiger charge is -2.36. The summed E-state index contributed by atoms with van der Waals surface area (Å²) >= 11 is 0.